The lowest BCUT2D eigenvalue weighted by Crippen LogP contribution is -2.18. The molecule has 3 nitrogen and oxygen atoms in total. The molecule has 0 N–H and O–H groups in total. The smallest absolute Gasteiger partial charge is 0.231 e. The van der Waals surface area contributed by atoms with Crippen LogP contribution in [-0.4, -0.2) is 31.3 Å². The second-order valence-electron chi connectivity index (χ2n) is 4.52. The van der Waals surface area contributed by atoms with E-state index in [0.717, 1.165) is 18.0 Å². The van der Waals surface area contributed by atoms with E-state index in [1.165, 1.54) is 31.5 Å². The van der Waals surface area contributed by atoms with Gasteiger partial charge in [0, 0.05) is 6.54 Å². The Balaban J connectivity index is 1.62. The molecule has 1 saturated heterocycles. The van der Waals surface area contributed by atoms with E-state index in [1.807, 2.05) is 12.1 Å². The first-order chi connectivity index (χ1) is 8.42. The molecular formula is C14H17NO2. The fourth-order valence-electron chi connectivity index (χ4n) is 2.32. The first-order valence-corrected chi connectivity index (χ1v) is 6.20. The normalized spacial score (nSPS) is 19.3. The SMILES string of the molecule is C(=Cc1ccc2c(c1)OCO2)CN1CCCC1. The minimum Gasteiger partial charge on any atom is -0.454 e. The van der Waals surface area contributed by atoms with E-state index >= 15 is 0 Å². The Hall–Kier alpha value is -1.48. The second kappa shape index (κ2) is 4.80. The second-order valence-corrected chi connectivity index (χ2v) is 4.52. The van der Waals surface area contributed by atoms with Gasteiger partial charge in [0.2, 0.25) is 6.79 Å². The summed E-state index contributed by atoms with van der Waals surface area (Å²) < 4.78 is 10.6. The van der Waals surface area contributed by atoms with Crippen LogP contribution in [0.3, 0.4) is 0 Å². The van der Waals surface area contributed by atoms with Crippen molar-refractivity contribution in [1.82, 2.24) is 4.90 Å². The van der Waals surface area contributed by atoms with Gasteiger partial charge in [-0.15, -0.1) is 0 Å². The fraction of sp³-hybridized carbons (Fsp3) is 0.429. The van der Waals surface area contributed by atoms with Gasteiger partial charge in [-0.3, -0.25) is 4.90 Å². The summed E-state index contributed by atoms with van der Waals surface area (Å²) in [6.07, 6.45) is 7.07. The first-order valence-electron chi connectivity index (χ1n) is 6.20. The Morgan fingerprint density at radius 2 is 1.94 bits per heavy atom. The average Bonchev–Trinajstić information content (AvgIpc) is 2.98. The van der Waals surface area contributed by atoms with E-state index < -0.39 is 0 Å². The van der Waals surface area contributed by atoms with Crippen LogP contribution in [-0.2, 0) is 0 Å². The molecule has 0 radical (unpaired) electrons. The maximum absolute atomic E-state index is 5.35. The van der Waals surface area contributed by atoms with Crippen molar-refractivity contribution in [3.8, 4) is 11.5 Å². The van der Waals surface area contributed by atoms with Crippen molar-refractivity contribution in [1.29, 1.82) is 0 Å². The Kier molecular flexibility index (Phi) is 3.01. The summed E-state index contributed by atoms with van der Waals surface area (Å²) in [6, 6.07) is 6.06. The molecule has 0 saturated carbocycles. The molecule has 1 fully saturated rings. The monoisotopic (exact) mass is 231 g/mol. The fourth-order valence-corrected chi connectivity index (χ4v) is 2.32. The largest absolute Gasteiger partial charge is 0.454 e. The van der Waals surface area contributed by atoms with Gasteiger partial charge in [0.25, 0.3) is 0 Å². The van der Waals surface area contributed by atoms with Crippen molar-refractivity contribution in [2.45, 2.75) is 12.8 Å². The molecule has 1 aromatic rings. The minimum absolute atomic E-state index is 0.344. The molecule has 0 aliphatic carbocycles. The summed E-state index contributed by atoms with van der Waals surface area (Å²) in [7, 11) is 0. The number of likely N-dealkylation sites (tertiary alicyclic amines) is 1. The number of hydrogen-bond acceptors (Lipinski definition) is 3. The maximum Gasteiger partial charge on any atom is 0.231 e. The minimum atomic E-state index is 0.344. The van der Waals surface area contributed by atoms with E-state index in [2.05, 4.69) is 23.1 Å². The topological polar surface area (TPSA) is 21.7 Å². The molecule has 17 heavy (non-hydrogen) atoms. The lowest BCUT2D eigenvalue weighted by molar-refractivity contribution is 0.174. The summed E-state index contributed by atoms with van der Waals surface area (Å²) >= 11 is 0. The first kappa shape index (κ1) is 10.7. The van der Waals surface area contributed by atoms with Gasteiger partial charge < -0.3 is 9.47 Å². The van der Waals surface area contributed by atoms with Gasteiger partial charge in [-0.05, 0) is 43.6 Å². The van der Waals surface area contributed by atoms with Crippen molar-refractivity contribution < 1.29 is 9.47 Å². The zero-order valence-corrected chi connectivity index (χ0v) is 9.89. The van der Waals surface area contributed by atoms with Crippen LogP contribution in [0.5, 0.6) is 11.5 Å². The highest BCUT2D eigenvalue weighted by Gasteiger charge is 2.12. The Labute approximate surface area is 102 Å². The molecule has 0 bridgehead atoms. The van der Waals surface area contributed by atoms with E-state index in [9.17, 15) is 0 Å². The molecule has 2 heterocycles. The van der Waals surface area contributed by atoms with Crippen LogP contribution in [0.25, 0.3) is 6.08 Å². The zero-order valence-electron chi connectivity index (χ0n) is 9.89. The molecule has 90 valence electrons. The summed E-state index contributed by atoms with van der Waals surface area (Å²) in [5.74, 6) is 1.70. The molecule has 0 atom stereocenters. The zero-order chi connectivity index (χ0) is 11.5. The standard InChI is InChI=1S/C14H17NO2/c1-2-8-15(7-1)9-3-4-12-5-6-13-14(10-12)17-11-16-13/h3-6,10H,1-2,7-9,11H2. The van der Waals surface area contributed by atoms with Crippen LogP contribution >= 0.6 is 0 Å². The highest BCUT2D eigenvalue weighted by molar-refractivity contribution is 5.56. The van der Waals surface area contributed by atoms with Gasteiger partial charge in [-0.2, -0.15) is 0 Å². The maximum atomic E-state index is 5.35. The predicted molar refractivity (Wildman–Crippen MR) is 67.3 cm³/mol. The molecule has 1 aromatic carbocycles. The molecular weight excluding hydrogens is 214 g/mol. The van der Waals surface area contributed by atoms with Gasteiger partial charge >= 0.3 is 0 Å². The number of rotatable bonds is 3. The summed E-state index contributed by atoms with van der Waals surface area (Å²) in [5, 5.41) is 0. The quantitative estimate of drug-likeness (QED) is 0.798. The molecule has 2 aliphatic rings. The Morgan fingerprint density at radius 1 is 1.12 bits per heavy atom. The average molecular weight is 231 g/mol. The van der Waals surface area contributed by atoms with Gasteiger partial charge in [0.1, 0.15) is 0 Å². The van der Waals surface area contributed by atoms with E-state index in [1.54, 1.807) is 0 Å². The number of fused-ring (bicyclic) bond motifs is 1. The van der Waals surface area contributed by atoms with Crippen molar-refractivity contribution in [2.75, 3.05) is 26.4 Å². The van der Waals surface area contributed by atoms with Gasteiger partial charge in [0.15, 0.2) is 11.5 Å². The highest BCUT2D eigenvalue weighted by Crippen LogP contribution is 2.32. The molecule has 3 rings (SSSR count). The van der Waals surface area contributed by atoms with Gasteiger partial charge in [-0.1, -0.05) is 18.2 Å². The van der Waals surface area contributed by atoms with Crippen LogP contribution < -0.4 is 9.47 Å². The third-order valence-corrected chi connectivity index (χ3v) is 3.27. The summed E-state index contributed by atoms with van der Waals surface area (Å²) in [6.45, 7) is 3.88. The molecule has 0 spiro atoms. The lowest BCUT2D eigenvalue weighted by Gasteiger charge is -2.10. The lowest BCUT2D eigenvalue weighted by atomic mass is 10.2. The number of ether oxygens (including phenoxy) is 2. The van der Waals surface area contributed by atoms with E-state index in [-0.39, 0.29) is 0 Å². The number of hydrogen-bond donors (Lipinski definition) is 0. The predicted octanol–water partition coefficient (Wildman–Crippen LogP) is 2.52. The molecule has 0 aromatic heterocycles. The van der Waals surface area contributed by atoms with Crippen LogP contribution in [0.1, 0.15) is 18.4 Å². The number of nitrogens with zero attached hydrogens (tertiary/aromatic N) is 1. The van der Waals surface area contributed by atoms with Gasteiger partial charge in [-0.25, -0.2) is 0 Å². The third-order valence-electron chi connectivity index (χ3n) is 3.27. The van der Waals surface area contributed by atoms with Crippen molar-refractivity contribution >= 4 is 6.08 Å². The summed E-state index contributed by atoms with van der Waals surface area (Å²) in [5.41, 5.74) is 1.17. The molecule has 2 aliphatic heterocycles. The summed E-state index contributed by atoms with van der Waals surface area (Å²) in [4.78, 5) is 2.48. The third kappa shape index (κ3) is 2.44. The Bertz CT molecular complexity index is 422. The van der Waals surface area contributed by atoms with E-state index in [4.69, 9.17) is 9.47 Å². The highest BCUT2D eigenvalue weighted by atomic mass is 16.7. The van der Waals surface area contributed by atoms with Crippen molar-refractivity contribution in [2.24, 2.45) is 0 Å². The van der Waals surface area contributed by atoms with Gasteiger partial charge in [0.05, 0.1) is 0 Å². The molecule has 0 amide bonds. The van der Waals surface area contributed by atoms with Crippen molar-refractivity contribution in [3.63, 3.8) is 0 Å². The Morgan fingerprint density at radius 3 is 2.82 bits per heavy atom. The van der Waals surface area contributed by atoms with Crippen LogP contribution in [0, 0.1) is 0 Å². The van der Waals surface area contributed by atoms with Crippen LogP contribution in [0.4, 0.5) is 0 Å². The number of benzene rings is 1. The van der Waals surface area contributed by atoms with Crippen LogP contribution in [0.2, 0.25) is 0 Å². The van der Waals surface area contributed by atoms with Crippen molar-refractivity contribution in [3.05, 3.63) is 29.8 Å². The molecule has 3 heteroatoms. The van der Waals surface area contributed by atoms with E-state index in [0.29, 0.717) is 6.79 Å². The van der Waals surface area contributed by atoms with Crippen LogP contribution in [0.15, 0.2) is 24.3 Å². The molecule has 0 unspecified atom stereocenters.